The molecule has 5 heteroatoms. The van der Waals surface area contributed by atoms with Crippen molar-refractivity contribution in [2.75, 3.05) is 19.6 Å². The third-order valence-electron chi connectivity index (χ3n) is 3.66. The fourth-order valence-electron chi connectivity index (χ4n) is 2.45. The van der Waals surface area contributed by atoms with Crippen LogP contribution in [-0.4, -0.2) is 41.2 Å². The zero-order valence-electron chi connectivity index (χ0n) is 12.0. The molecule has 0 unspecified atom stereocenters. The summed E-state index contributed by atoms with van der Waals surface area (Å²) in [7, 11) is 0. The molecule has 0 radical (unpaired) electrons. The van der Waals surface area contributed by atoms with E-state index < -0.39 is 0 Å². The van der Waals surface area contributed by atoms with Crippen molar-refractivity contribution in [1.29, 1.82) is 0 Å². The summed E-state index contributed by atoms with van der Waals surface area (Å²) in [5.74, 6) is 0.627. The van der Waals surface area contributed by atoms with Crippen LogP contribution in [0.4, 0.5) is 0 Å². The minimum atomic E-state index is -0.107. The Bertz CT molecular complexity index is 434. The molecule has 1 aromatic heterocycles. The topological polar surface area (TPSA) is 53.8 Å². The van der Waals surface area contributed by atoms with Gasteiger partial charge in [-0.2, -0.15) is 0 Å². The second-order valence-corrected chi connectivity index (χ2v) is 5.25. The number of nitrogens with zero attached hydrogens (tertiary/aromatic N) is 2. The van der Waals surface area contributed by atoms with Gasteiger partial charge in [0.25, 0.3) is 0 Å². The molecular formula is C15H22N2O3. The Kier molecular flexibility index (Phi) is 5.21. The van der Waals surface area contributed by atoms with E-state index >= 15 is 0 Å². The van der Waals surface area contributed by atoms with E-state index in [0.29, 0.717) is 12.3 Å². The minimum absolute atomic E-state index is 0.0358. The molecule has 2 amide bonds. The number of carbonyl (C=O) groups is 2. The molecule has 0 saturated carbocycles. The number of amides is 2. The van der Waals surface area contributed by atoms with Crippen LogP contribution in [0.25, 0.3) is 0 Å². The van der Waals surface area contributed by atoms with Crippen LogP contribution < -0.4 is 0 Å². The first-order chi connectivity index (χ1) is 9.66. The molecule has 1 aliphatic heterocycles. The maximum absolute atomic E-state index is 12.3. The predicted molar refractivity (Wildman–Crippen MR) is 74.8 cm³/mol. The lowest BCUT2D eigenvalue weighted by atomic mass is 10.2. The van der Waals surface area contributed by atoms with Crippen molar-refractivity contribution in [1.82, 2.24) is 9.80 Å². The summed E-state index contributed by atoms with van der Waals surface area (Å²) < 4.78 is 5.24. The number of hydrogen-bond acceptors (Lipinski definition) is 3. The normalized spacial score (nSPS) is 15.8. The van der Waals surface area contributed by atoms with Gasteiger partial charge < -0.3 is 14.2 Å². The summed E-state index contributed by atoms with van der Waals surface area (Å²) in [5.41, 5.74) is 0. The second kappa shape index (κ2) is 7.12. The summed E-state index contributed by atoms with van der Waals surface area (Å²) in [4.78, 5) is 27.4. The smallest absolute Gasteiger partial charge is 0.242 e. The van der Waals surface area contributed by atoms with Crippen molar-refractivity contribution < 1.29 is 14.0 Å². The van der Waals surface area contributed by atoms with Gasteiger partial charge in [-0.1, -0.05) is 12.8 Å². The monoisotopic (exact) mass is 278 g/mol. The highest BCUT2D eigenvalue weighted by Crippen LogP contribution is 2.11. The predicted octanol–water partition coefficient (Wildman–Crippen LogP) is 2.03. The van der Waals surface area contributed by atoms with Gasteiger partial charge in [0, 0.05) is 20.0 Å². The second-order valence-electron chi connectivity index (χ2n) is 5.25. The van der Waals surface area contributed by atoms with Gasteiger partial charge in [-0.15, -0.1) is 0 Å². The minimum Gasteiger partial charge on any atom is -0.467 e. The van der Waals surface area contributed by atoms with E-state index in [1.807, 2.05) is 11.0 Å². The maximum atomic E-state index is 12.3. The van der Waals surface area contributed by atoms with Crippen LogP contribution in [0.1, 0.15) is 38.4 Å². The molecule has 110 valence electrons. The van der Waals surface area contributed by atoms with Crippen LogP contribution in [0, 0.1) is 0 Å². The Labute approximate surface area is 119 Å². The first kappa shape index (κ1) is 14.6. The maximum Gasteiger partial charge on any atom is 0.242 e. The summed E-state index contributed by atoms with van der Waals surface area (Å²) >= 11 is 0. The van der Waals surface area contributed by atoms with Crippen LogP contribution in [0.15, 0.2) is 22.8 Å². The van der Waals surface area contributed by atoms with E-state index in [1.165, 1.54) is 24.7 Å². The lowest BCUT2D eigenvalue weighted by Gasteiger charge is -2.25. The molecule has 1 saturated heterocycles. The average molecular weight is 278 g/mol. The number of furan rings is 1. The highest BCUT2D eigenvalue weighted by atomic mass is 16.3. The molecule has 0 spiro atoms. The van der Waals surface area contributed by atoms with Crippen LogP contribution in [0.3, 0.4) is 0 Å². The Morgan fingerprint density at radius 2 is 1.95 bits per heavy atom. The van der Waals surface area contributed by atoms with Crippen LogP contribution in [-0.2, 0) is 16.1 Å². The lowest BCUT2D eigenvalue weighted by Crippen LogP contribution is -2.42. The van der Waals surface area contributed by atoms with Crippen LogP contribution in [0.2, 0.25) is 0 Å². The molecule has 0 bridgehead atoms. The molecule has 5 nitrogen and oxygen atoms in total. The molecule has 0 aliphatic carbocycles. The largest absolute Gasteiger partial charge is 0.467 e. The van der Waals surface area contributed by atoms with Crippen molar-refractivity contribution in [2.45, 2.75) is 39.2 Å². The Balaban J connectivity index is 1.93. The quantitative estimate of drug-likeness (QED) is 0.846. The average Bonchev–Trinajstić information content (AvgIpc) is 2.77. The highest BCUT2D eigenvalue weighted by molar-refractivity contribution is 5.83. The SMILES string of the molecule is CC(=O)N(CC(=O)N1CCCCCC1)Cc1ccco1. The van der Waals surface area contributed by atoms with E-state index in [-0.39, 0.29) is 18.4 Å². The standard InChI is InChI=1S/C15H22N2O3/c1-13(18)17(11-14-7-6-10-20-14)12-15(19)16-8-4-2-3-5-9-16/h6-7,10H,2-5,8-9,11-12H2,1H3. The first-order valence-corrected chi connectivity index (χ1v) is 7.22. The van der Waals surface area contributed by atoms with Crippen molar-refractivity contribution in [3.05, 3.63) is 24.2 Å². The Morgan fingerprint density at radius 1 is 1.25 bits per heavy atom. The number of likely N-dealkylation sites (tertiary alicyclic amines) is 1. The van der Waals surface area contributed by atoms with Gasteiger partial charge in [-0.3, -0.25) is 9.59 Å². The zero-order chi connectivity index (χ0) is 14.4. The van der Waals surface area contributed by atoms with Crippen molar-refractivity contribution in [3.63, 3.8) is 0 Å². The summed E-state index contributed by atoms with van der Waals surface area (Å²) in [5, 5.41) is 0. The van der Waals surface area contributed by atoms with Gasteiger partial charge >= 0.3 is 0 Å². The molecule has 1 aromatic rings. The molecule has 0 N–H and O–H groups in total. The lowest BCUT2D eigenvalue weighted by molar-refractivity contribution is -0.140. The molecule has 0 aromatic carbocycles. The van der Waals surface area contributed by atoms with Crippen LogP contribution in [0.5, 0.6) is 0 Å². The number of rotatable bonds is 4. The Hall–Kier alpha value is -1.78. The first-order valence-electron chi connectivity index (χ1n) is 7.22. The van der Waals surface area contributed by atoms with Gasteiger partial charge in [0.2, 0.25) is 11.8 Å². The summed E-state index contributed by atoms with van der Waals surface area (Å²) in [6.07, 6.45) is 6.07. The van der Waals surface area contributed by atoms with Gasteiger partial charge in [0.15, 0.2) is 0 Å². The van der Waals surface area contributed by atoms with E-state index in [1.54, 1.807) is 12.3 Å². The Morgan fingerprint density at radius 3 is 2.50 bits per heavy atom. The van der Waals surface area contributed by atoms with E-state index in [4.69, 9.17) is 4.42 Å². The number of hydrogen-bond donors (Lipinski definition) is 0. The van der Waals surface area contributed by atoms with E-state index in [0.717, 1.165) is 25.9 Å². The van der Waals surface area contributed by atoms with Crippen molar-refractivity contribution in [3.8, 4) is 0 Å². The molecular weight excluding hydrogens is 256 g/mol. The van der Waals surface area contributed by atoms with E-state index in [9.17, 15) is 9.59 Å². The van der Waals surface area contributed by atoms with Crippen molar-refractivity contribution >= 4 is 11.8 Å². The fraction of sp³-hybridized carbons (Fsp3) is 0.600. The molecule has 1 fully saturated rings. The summed E-state index contributed by atoms with van der Waals surface area (Å²) in [6, 6.07) is 3.59. The number of carbonyl (C=O) groups excluding carboxylic acids is 2. The highest BCUT2D eigenvalue weighted by Gasteiger charge is 2.20. The van der Waals surface area contributed by atoms with Gasteiger partial charge in [-0.25, -0.2) is 0 Å². The third kappa shape index (κ3) is 4.11. The fourth-order valence-corrected chi connectivity index (χ4v) is 2.45. The van der Waals surface area contributed by atoms with Crippen LogP contribution >= 0.6 is 0 Å². The van der Waals surface area contributed by atoms with E-state index in [2.05, 4.69) is 0 Å². The van der Waals surface area contributed by atoms with Gasteiger partial charge in [0.1, 0.15) is 12.3 Å². The van der Waals surface area contributed by atoms with Gasteiger partial charge in [-0.05, 0) is 25.0 Å². The molecule has 20 heavy (non-hydrogen) atoms. The molecule has 0 atom stereocenters. The molecule has 1 aliphatic rings. The summed E-state index contributed by atoms with van der Waals surface area (Å²) in [6.45, 7) is 3.59. The molecule has 2 heterocycles. The van der Waals surface area contributed by atoms with Gasteiger partial charge in [0.05, 0.1) is 12.8 Å². The molecule has 2 rings (SSSR count). The van der Waals surface area contributed by atoms with Crippen molar-refractivity contribution in [2.24, 2.45) is 0 Å². The zero-order valence-corrected chi connectivity index (χ0v) is 12.0. The third-order valence-corrected chi connectivity index (χ3v) is 3.66.